The van der Waals surface area contributed by atoms with Crippen molar-refractivity contribution in [1.82, 2.24) is 9.88 Å². The Bertz CT molecular complexity index is 928. The van der Waals surface area contributed by atoms with Crippen molar-refractivity contribution in [2.24, 2.45) is 0 Å². The SMILES string of the molecule is COc1ccc2nc(N(CCCN(C)C)C(=O)CCSc3ccccc3)sc2c1. The first-order valence-corrected chi connectivity index (χ1v) is 11.4. The minimum Gasteiger partial charge on any atom is -0.497 e. The third kappa shape index (κ3) is 6.19. The number of aromatic nitrogens is 1. The van der Waals surface area contributed by atoms with Crippen LogP contribution in [0.2, 0.25) is 0 Å². The van der Waals surface area contributed by atoms with Crippen LogP contribution in [0, 0.1) is 0 Å². The van der Waals surface area contributed by atoms with Crippen LogP contribution >= 0.6 is 23.1 Å². The Morgan fingerprint density at radius 3 is 2.66 bits per heavy atom. The average molecular weight is 430 g/mol. The highest BCUT2D eigenvalue weighted by atomic mass is 32.2. The van der Waals surface area contributed by atoms with Crippen molar-refractivity contribution in [3.8, 4) is 5.75 Å². The number of thiazole rings is 1. The third-order valence-corrected chi connectivity index (χ3v) is 6.49. The topological polar surface area (TPSA) is 45.7 Å². The van der Waals surface area contributed by atoms with Gasteiger partial charge in [-0.25, -0.2) is 4.98 Å². The van der Waals surface area contributed by atoms with Gasteiger partial charge < -0.3 is 9.64 Å². The van der Waals surface area contributed by atoms with Crippen molar-refractivity contribution in [2.75, 3.05) is 44.9 Å². The van der Waals surface area contributed by atoms with Gasteiger partial charge in [-0.2, -0.15) is 0 Å². The van der Waals surface area contributed by atoms with E-state index in [9.17, 15) is 4.79 Å². The van der Waals surface area contributed by atoms with Gasteiger partial charge in [0.1, 0.15) is 5.75 Å². The van der Waals surface area contributed by atoms with Gasteiger partial charge in [-0.1, -0.05) is 29.5 Å². The number of benzene rings is 2. The molecule has 0 aliphatic rings. The molecule has 7 heteroatoms. The molecule has 0 radical (unpaired) electrons. The van der Waals surface area contributed by atoms with E-state index in [2.05, 4.69) is 17.0 Å². The Kier molecular flexibility index (Phi) is 7.91. The number of amides is 1. The van der Waals surface area contributed by atoms with Crippen LogP contribution in [0.3, 0.4) is 0 Å². The maximum absolute atomic E-state index is 13.1. The van der Waals surface area contributed by atoms with Gasteiger partial charge in [0.2, 0.25) is 5.91 Å². The van der Waals surface area contributed by atoms with Crippen LogP contribution in [0.1, 0.15) is 12.8 Å². The molecule has 0 fully saturated rings. The van der Waals surface area contributed by atoms with Gasteiger partial charge >= 0.3 is 0 Å². The quantitative estimate of drug-likeness (QED) is 0.434. The largest absolute Gasteiger partial charge is 0.497 e. The zero-order valence-corrected chi connectivity index (χ0v) is 18.8. The molecule has 0 aliphatic heterocycles. The number of methoxy groups -OCH3 is 1. The van der Waals surface area contributed by atoms with E-state index >= 15 is 0 Å². The van der Waals surface area contributed by atoms with E-state index < -0.39 is 0 Å². The molecule has 5 nitrogen and oxygen atoms in total. The Morgan fingerprint density at radius 1 is 1.14 bits per heavy atom. The molecule has 0 spiro atoms. The van der Waals surface area contributed by atoms with Gasteiger partial charge in [0.15, 0.2) is 5.13 Å². The Labute approximate surface area is 180 Å². The summed E-state index contributed by atoms with van der Waals surface area (Å²) >= 11 is 3.26. The van der Waals surface area contributed by atoms with Crippen molar-refractivity contribution in [3.05, 3.63) is 48.5 Å². The van der Waals surface area contributed by atoms with E-state index in [1.54, 1.807) is 30.2 Å². The lowest BCUT2D eigenvalue weighted by Gasteiger charge is -2.21. The molecule has 0 bridgehead atoms. The highest BCUT2D eigenvalue weighted by Crippen LogP contribution is 2.32. The lowest BCUT2D eigenvalue weighted by atomic mass is 10.3. The number of carbonyl (C=O) groups excluding carboxylic acids is 1. The van der Waals surface area contributed by atoms with Crippen LogP contribution in [-0.2, 0) is 4.79 Å². The van der Waals surface area contributed by atoms with E-state index in [0.29, 0.717) is 13.0 Å². The molecule has 0 atom stereocenters. The fourth-order valence-electron chi connectivity index (χ4n) is 2.92. The van der Waals surface area contributed by atoms with Crippen LogP contribution in [0.25, 0.3) is 10.2 Å². The predicted octanol–water partition coefficient (Wildman–Crippen LogP) is 4.77. The van der Waals surface area contributed by atoms with Crippen molar-refractivity contribution in [3.63, 3.8) is 0 Å². The molecule has 0 unspecified atom stereocenters. The number of hydrogen-bond acceptors (Lipinski definition) is 6. The first kappa shape index (κ1) is 21.6. The molecule has 0 saturated carbocycles. The van der Waals surface area contributed by atoms with Crippen LogP contribution < -0.4 is 9.64 Å². The third-order valence-electron chi connectivity index (χ3n) is 4.43. The zero-order chi connectivity index (χ0) is 20.6. The minimum absolute atomic E-state index is 0.123. The lowest BCUT2D eigenvalue weighted by molar-refractivity contribution is -0.118. The summed E-state index contributed by atoms with van der Waals surface area (Å²) in [6.07, 6.45) is 1.39. The first-order valence-electron chi connectivity index (χ1n) is 9.64. The molecular weight excluding hydrogens is 402 g/mol. The van der Waals surface area contributed by atoms with Crippen LogP contribution in [0.5, 0.6) is 5.75 Å². The molecular formula is C22H27N3O2S2. The van der Waals surface area contributed by atoms with Crippen LogP contribution in [-0.4, -0.2) is 55.8 Å². The van der Waals surface area contributed by atoms with Crippen LogP contribution in [0.4, 0.5) is 5.13 Å². The molecule has 154 valence electrons. The normalized spacial score (nSPS) is 11.2. The summed E-state index contributed by atoms with van der Waals surface area (Å²) in [7, 11) is 5.75. The second kappa shape index (κ2) is 10.6. The number of hydrogen-bond donors (Lipinski definition) is 0. The van der Waals surface area contributed by atoms with Gasteiger partial charge in [-0.15, -0.1) is 11.8 Å². The molecule has 1 amide bonds. The highest BCUT2D eigenvalue weighted by molar-refractivity contribution is 7.99. The minimum atomic E-state index is 0.123. The second-order valence-corrected chi connectivity index (χ2v) is 9.12. The average Bonchev–Trinajstić information content (AvgIpc) is 3.14. The monoisotopic (exact) mass is 429 g/mol. The number of rotatable bonds is 10. The summed E-state index contributed by atoms with van der Waals surface area (Å²) in [4.78, 5) is 22.9. The Hall–Kier alpha value is -2.09. The highest BCUT2D eigenvalue weighted by Gasteiger charge is 2.19. The number of anilines is 1. The zero-order valence-electron chi connectivity index (χ0n) is 17.1. The fourth-order valence-corrected chi connectivity index (χ4v) is 4.81. The second-order valence-electron chi connectivity index (χ2n) is 6.94. The van der Waals surface area contributed by atoms with Crippen LogP contribution in [0.15, 0.2) is 53.4 Å². The Balaban J connectivity index is 1.71. The van der Waals surface area contributed by atoms with Gasteiger partial charge in [0.05, 0.1) is 17.3 Å². The summed E-state index contributed by atoms with van der Waals surface area (Å²) in [5.41, 5.74) is 0.898. The molecule has 0 saturated heterocycles. The summed E-state index contributed by atoms with van der Waals surface area (Å²) in [5, 5.41) is 0.765. The number of fused-ring (bicyclic) bond motifs is 1. The number of thioether (sulfide) groups is 1. The summed E-state index contributed by atoms with van der Waals surface area (Å²) in [5.74, 6) is 1.68. The molecule has 0 aliphatic carbocycles. The number of ether oxygens (including phenoxy) is 1. The molecule has 2 aromatic carbocycles. The Morgan fingerprint density at radius 2 is 1.93 bits per heavy atom. The van der Waals surface area contributed by atoms with Gasteiger partial charge in [-0.05, 0) is 57.4 Å². The van der Waals surface area contributed by atoms with E-state index in [0.717, 1.165) is 39.8 Å². The van der Waals surface area contributed by atoms with Crippen molar-refractivity contribution < 1.29 is 9.53 Å². The molecule has 3 rings (SSSR count). The van der Waals surface area contributed by atoms with Gasteiger partial charge in [-0.3, -0.25) is 9.69 Å². The van der Waals surface area contributed by atoms with Crippen molar-refractivity contribution >= 4 is 44.4 Å². The summed E-state index contributed by atoms with van der Waals surface area (Å²) in [6, 6.07) is 16.0. The standard InChI is InChI=1S/C22H27N3O2S2/c1-24(2)13-7-14-25(21(26)12-15-28-18-8-5-4-6-9-18)22-23-19-11-10-17(27-3)16-20(19)29-22/h4-6,8-11,16H,7,12-15H2,1-3H3. The van der Waals surface area contributed by atoms with Crippen molar-refractivity contribution in [2.45, 2.75) is 17.7 Å². The maximum atomic E-state index is 13.1. The number of carbonyl (C=O) groups is 1. The molecule has 29 heavy (non-hydrogen) atoms. The summed E-state index contributed by atoms with van der Waals surface area (Å²) in [6.45, 7) is 1.60. The lowest BCUT2D eigenvalue weighted by Crippen LogP contribution is -2.33. The molecule has 0 N–H and O–H groups in total. The van der Waals surface area contributed by atoms with E-state index in [4.69, 9.17) is 9.72 Å². The summed E-state index contributed by atoms with van der Waals surface area (Å²) < 4.78 is 6.35. The van der Waals surface area contributed by atoms with E-state index in [1.165, 1.54) is 4.90 Å². The van der Waals surface area contributed by atoms with E-state index in [1.807, 2.05) is 55.4 Å². The van der Waals surface area contributed by atoms with E-state index in [-0.39, 0.29) is 5.91 Å². The van der Waals surface area contributed by atoms with Gasteiger partial charge in [0.25, 0.3) is 0 Å². The maximum Gasteiger partial charge on any atom is 0.229 e. The first-order chi connectivity index (χ1) is 14.1. The van der Waals surface area contributed by atoms with Gasteiger partial charge in [0, 0.05) is 23.6 Å². The number of nitrogens with zero attached hydrogens (tertiary/aromatic N) is 3. The fraction of sp³-hybridized carbons (Fsp3) is 0.364. The predicted molar refractivity (Wildman–Crippen MR) is 123 cm³/mol. The molecule has 1 aromatic heterocycles. The molecule has 1 heterocycles. The van der Waals surface area contributed by atoms with Crippen molar-refractivity contribution in [1.29, 1.82) is 0 Å². The smallest absolute Gasteiger partial charge is 0.229 e. The molecule has 3 aromatic rings.